The van der Waals surface area contributed by atoms with Gasteiger partial charge in [0.1, 0.15) is 0 Å². The second-order valence-corrected chi connectivity index (χ2v) is 7.81. The molecule has 0 aromatic heterocycles. The second kappa shape index (κ2) is 8.53. The summed E-state index contributed by atoms with van der Waals surface area (Å²) in [7, 11) is 0. The zero-order chi connectivity index (χ0) is 17.7. The summed E-state index contributed by atoms with van der Waals surface area (Å²) in [4.78, 5) is 26.6. The fraction of sp³-hybridized carbons (Fsp3) is 0.556. The molecule has 0 aliphatic carbocycles. The standard InChI is InChI=1S/C18H26N2O3S/c1-12(21)15-5-4-10-20(11-15)18(23)13(2)24-17-8-6-16(7-9-17)19-14(3)22/h6-9,12-13,15,21H,4-5,10-11H2,1-3H3,(H,19,22)/t12-,13-,15-/m1/s1. The molecule has 1 aliphatic heterocycles. The Bertz CT molecular complexity index is 574. The molecule has 0 radical (unpaired) electrons. The number of carbonyl (C=O) groups excluding carboxylic acids is 2. The van der Waals surface area contributed by atoms with Gasteiger partial charge in [-0.3, -0.25) is 9.59 Å². The zero-order valence-corrected chi connectivity index (χ0v) is 15.3. The van der Waals surface area contributed by atoms with Gasteiger partial charge < -0.3 is 15.3 Å². The normalized spacial score (nSPS) is 20.3. The van der Waals surface area contributed by atoms with E-state index >= 15 is 0 Å². The molecule has 5 nitrogen and oxygen atoms in total. The summed E-state index contributed by atoms with van der Waals surface area (Å²) in [6.07, 6.45) is 1.56. The van der Waals surface area contributed by atoms with Crippen molar-refractivity contribution in [2.45, 2.75) is 49.9 Å². The van der Waals surface area contributed by atoms with E-state index in [9.17, 15) is 14.7 Å². The Kier molecular flexibility index (Phi) is 6.69. The molecule has 0 spiro atoms. The van der Waals surface area contributed by atoms with Crippen molar-refractivity contribution in [3.63, 3.8) is 0 Å². The van der Waals surface area contributed by atoms with Gasteiger partial charge in [-0.25, -0.2) is 0 Å². The molecule has 0 bridgehead atoms. The van der Waals surface area contributed by atoms with Crippen molar-refractivity contribution in [2.24, 2.45) is 5.92 Å². The number of amides is 2. The number of aliphatic hydroxyl groups is 1. The smallest absolute Gasteiger partial charge is 0.235 e. The van der Waals surface area contributed by atoms with Gasteiger partial charge in [-0.15, -0.1) is 11.8 Å². The number of benzene rings is 1. The van der Waals surface area contributed by atoms with Gasteiger partial charge in [-0.1, -0.05) is 0 Å². The van der Waals surface area contributed by atoms with E-state index in [1.54, 1.807) is 6.92 Å². The van der Waals surface area contributed by atoms with Crippen molar-refractivity contribution in [1.82, 2.24) is 4.90 Å². The molecule has 132 valence electrons. The van der Waals surface area contributed by atoms with Crippen LogP contribution in [-0.4, -0.2) is 46.3 Å². The van der Waals surface area contributed by atoms with Crippen LogP contribution in [0.1, 0.15) is 33.6 Å². The van der Waals surface area contributed by atoms with Crippen molar-refractivity contribution in [3.8, 4) is 0 Å². The van der Waals surface area contributed by atoms with E-state index in [2.05, 4.69) is 5.32 Å². The minimum atomic E-state index is -0.370. The van der Waals surface area contributed by atoms with Crippen LogP contribution in [0, 0.1) is 5.92 Å². The predicted molar refractivity (Wildman–Crippen MR) is 97.0 cm³/mol. The number of likely N-dealkylation sites (tertiary alicyclic amines) is 1. The minimum Gasteiger partial charge on any atom is -0.393 e. The first-order valence-corrected chi connectivity index (χ1v) is 9.26. The summed E-state index contributed by atoms with van der Waals surface area (Å²) in [5.74, 6) is 0.199. The van der Waals surface area contributed by atoms with Crippen LogP contribution in [0.25, 0.3) is 0 Å². The van der Waals surface area contributed by atoms with Crippen LogP contribution in [-0.2, 0) is 9.59 Å². The summed E-state index contributed by atoms with van der Waals surface area (Å²) < 4.78 is 0. The Morgan fingerprint density at radius 1 is 1.29 bits per heavy atom. The zero-order valence-electron chi connectivity index (χ0n) is 14.5. The Balaban J connectivity index is 1.92. The fourth-order valence-corrected chi connectivity index (χ4v) is 3.89. The van der Waals surface area contributed by atoms with Crippen LogP contribution in [0.3, 0.4) is 0 Å². The quantitative estimate of drug-likeness (QED) is 0.801. The van der Waals surface area contributed by atoms with Crippen LogP contribution < -0.4 is 5.32 Å². The minimum absolute atomic E-state index is 0.100. The molecule has 2 N–H and O–H groups in total. The average Bonchev–Trinajstić information content (AvgIpc) is 2.55. The van der Waals surface area contributed by atoms with Crippen LogP contribution >= 0.6 is 11.8 Å². The van der Waals surface area contributed by atoms with E-state index in [0.717, 1.165) is 30.0 Å². The molecule has 1 aromatic rings. The van der Waals surface area contributed by atoms with Gasteiger partial charge in [0.2, 0.25) is 11.8 Å². The third-order valence-corrected chi connectivity index (χ3v) is 5.39. The summed E-state index contributed by atoms with van der Waals surface area (Å²) in [5, 5.41) is 12.3. The second-order valence-electron chi connectivity index (χ2n) is 6.39. The molecule has 2 rings (SSSR count). The van der Waals surface area contributed by atoms with E-state index in [1.807, 2.05) is 36.1 Å². The molecule has 0 saturated carbocycles. The molecule has 6 heteroatoms. The lowest BCUT2D eigenvalue weighted by molar-refractivity contribution is -0.132. The number of aliphatic hydroxyl groups excluding tert-OH is 1. The Morgan fingerprint density at radius 2 is 1.96 bits per heavy atom. The average molecular weight is 350 g/mol. The van der Waals surface area contributed by atoms with E-state index in [0.29, 0.717) is 6.54 Å². The number of thioether (sulfide) groups is 1. The number of carbonyl (C=O) groups is 2. The Hall–Kier alpha value is -1.53. The van der Waals surface area contributed by atoms with Crippen molar-refractivity contribution in [1.29, 1.82) is 0 Å². The van der Waals surface area contributed by atoms with Crippen molar-refractivity contribution in [3.05, 3.63) is 24.3 Å². The number of nitrogens with one attached hydrogen (secondary N) is 1. The maximum absolute atomic E-state index is 12.6. The van der Waals surface area contributed by atoms with Gasteiger partial charge in [0.05, 0.1) is 11.4 Å². The lowest BCUT2D eigenvalue weighted by Gasteiger charge is -2.35. The van der Waals surface area contributed by atoms with E-state index in [4.69, 9.17) is 0 Å². The highest BCUT2D eigenvalue weighted by atomic mass is 32.2. The molecule has 1 saturated heterocycles. The van der Waals surface area contributed by atoms with Crippen LogP contribution in [0.2, 0.25) is 0 Å². The van der Waals surface area contributed by atoms with Crippen molar-refractivity contribution >= 4 is 29.3 Å². The largest absolute Gasteiger partial charge is 0.393 e. The Labute approximate surface area is 147 Å². The summed E-state index contributed by atoms with van der Waals surface area (Å²) in [5.41, 5.74) is 0.752. The van der Waals surface area contributed by atoms with Gasteiger partial charge in [-0.05, 0) is 51.0 Å². The van der Waals surface area contributed by atoms with Crippen LogP contribution in [0.4, 0.5) is 5.69 Å². The van der Waals surface area contributed by atoms with Gasteiger partial charge in [0, 0.05) is 36.5 Å². The first-order chi connectivity index (χ1) is 11.4. The van der Waals surface area contributed by atoms with Crippen molar-refractivity contribution < 1.29 is 14.7 Å². The highest BCUT2D eigenvalue weighted by Gasteiger charge is 2.29. The predicted octanol–water partition coefficient (Wildman–Crippen LogP) is 2.75. The highest BCUT2D eigenvalue weighted by Crippen LogP contribution is 2.28. The molecule has 3 atom stereocenters. The third kappa shape index (κ3) is 5.24. The van der Waals surface area contributed by atoms with Crippen molar-refractivity contribution in [2.75, 3.05) is 18.4 Å². The molecule has 1 heterocycles. The lowest BCUT2D eigenvalue weighted by Crippen LogP contribution is -2.45. The molecule has 1 fully saturated rings. The third-order valence-electron chi connectivity index (χ3n) is 4.29. The maximum Gasteiger partial charge on any atom is 0.235 e. The first kappa shape index (κ1) is 18.8. The topological polar surface area (TPSA) is 69.6 Å². The van der Waals surface area contributed by atoms with Crippen LogP contribution in [0.5, 0.6) is 0 Å². The van der Waals surface area contributed by atoms with E-state index in [-0.39, 0.29) is 29.1 Å². The van der Waals surface area contributed by atoms with Gasteiger partial charge in [0.15, 0.2) is 0 Å². The number of nitrogens with zero attached hydrogens (tertiary/aromatic N) is 1. The van der Waals surface area contributed by atoms with Gasteiger partial charge >= 0.3 is 0 Å². The molecular weight excluding hydrogens is 324 g/mol. The molecule has 0 unspecified atom stereocenters. The number of hydrogen-bond donors (Lipinski definition) is 2. The lowest BCUT2D eigenvalue weighted by atomic mass is 9.93. The first-order valence-electron chi connectivity index (χ1n) is 8.38. The molecular formula is C18H26N2O3S. The number of piperidine rings is 1. The van der Waals surface area contributed by atoms with E-state index in [1.165, 1.54) is 18.7 Å². The summed E-state index contributed by atoms with van der Waals surface area (Å²) >= 11 is 1.52. The van der Waals surface area contributed by atoms with Gasteiger partial charge in [-0.2, -0.15) is 0 Å². The fourth-order valence-electron chi connectivity index (χ4n) is 2.94. The van der Waals surface area contributed by atoms with E-state index < -0.39 is 0 Å². The highest BCUT2D eigenvalue weighted by molar-refractivity contribution is 8.00. The summed E-state index contributed by atoms with van der Waals surface area (Å²) in [6, 6.07) is 7.50. The maximum atomic E-state index is 12.6. The number of hydrogen-bond acceptors (Lipinski definition) is 4. The van der Waals surface area contributed by atoms with Gasteiger partial charge in [0.25, 0.3) is 0 Å². The number of anilines is 1. The molecule has 24 heavy (non-hydrogen) atoms. The van der Waals surface area contributed by atoms with Crippen LogP contribution in [0.15, 0.2) is 29.2 Å². The molecule has 2 amide bonds. The number of rotatable bonds is 5. The summed E-state index contributed by atoms with van der Waals surface area (Å²) in [6.45, 7) is 6.61. The monoisotopic (exact) mass is 350 g/mol. The SMILES string of the molecule is CC(=O)Nc1ccc(S[C@H](C)C(=O)N2CCC[C@@H]([C@@H](C)O)C2)cc1. The molecule has 1 aliphatic rings. The molecule has 1 aromatic carbocycles. The Morgan fingerprint density at radius 3 is 2.54 bits per heavy atom.